The standard InChI is InChI=1S/C15H19BrN2O3/c16-13-4-2-1-3-12(13)11-5-7-18(8-6-11)10-14(19)17-9-15(20)21/h1-4,11H,5-10H2,(H,17,19)(H,20,21). The summed E-state index contributed by atoms with van der Waals surface area (Å²) in [5.41, 5.74) is 1.33. The Bertz CT molecular complexity index is 513. The monoisotopic (exact) mass is 354 g/mol. The van der Waals surface area contributed by atoms with Crippen molar-refractivity contribution in [2.45, 2.75) is 18.8 Å². The van der Waals surface area contributed by atoms with Crippen LogP contribution in [0.5, 0.6) is 0 Å². The zero-order valence-electron chi connectivity index (χ0n) is 11.7. The van der Waals surface area contributed by atoms with Gasteiger partial charge in [0.25, 0.3) is 0 Å². The molecule has 0 aromatic heterocycles. The number of carboxylic acids is 1. The molecule has 2 N–H and O–H groups in total. The smallest absolute Gasteiger partial charge is 0.322 e. The first-order chi connectivity index (χ1) is 10.1. The summed E-state index contributed by atoms with van der Waals surface area (Å²) in [6.07, 6.45) is 2.02. The van der Waals surface area contributed by atoms with Crippen molar-refractivity contribution < 1.29 is 14.7 Å². The molecule has 0 aliphatic carbocycles. The highest BCUT2D eigenvalue weighted by molar-refractivity contribution is 9.10. The van der Waals surface area contributed by atoms with Gasteiger partial charge in [0.05, 0.1) is 6.54 Å². The summed E-state index contributed by atoms with van der Waals surface area (Å²) in [5, 5.41) is 10.9. The molecular weight excluding hydrogens is 336 g/mol. The number of carboxylic acid groups (broad SMARTS) is 1. The third-order valence-electron chi connectivity index (χ3n) is 3.74. The van der Waals surface area contributed by atoms with E-state index in [4.69, 9.17) is 5.11 Å². The lowest BCUT2D eigenvalue weighted by Crippen LogP contribution is -2.42. The van der Waals surface area contributed by atoms with E-state index in [2.05, 4.69) is 38.3 Å². The minimum absolute atomic E-state index is 0.225. The van der Waals surface area contributed by atoms with Crippen LogP contribution < -0.4 is 5.32 Å². The average molecular weight is 355 g/mol. The molecule has 1 aliphatic rings. The van der Waals surface area contributed by atoms with Crippen molar-refractivity contribution in [3.8, 4) is 0 Å². The van der Waals surface area contributed by atoms with Gasteiger partial charge in [-0.3, -0.25) is 14.5 Å². The third kappa shape index (κ3) is 4.82. The van der Waals surface area contributed by atoms with Crippen molar-refractivity contribution in [1.82, 2.24) is 10.2 Å². The molecule has 0 spiro atoms. The minimum atomic E-state index is -1.02. The molecule has 114 valence electrons. The van der Waals surface area contributed by atoms with Gasteiger partial charge in [0, 0.05) is 4.47 Å². The van der Waals surface area contributed by atoms with Gasteiger partial charge in [-0.05, 0) is 43.5 Å². The first-order valence-electron chi connectivity index (χ1n) is 7.01. The molecule has 0 atom stereocenters. The molecule has 21 heavy (non-hydrogen) atoms. The van der Waals surface area contributed by atoms with Crippen LogP contribution in [0.1, 0.15) is 24.3 Å². The largest absolute Gasteiger partial charge is 0.480 e. The van der Waals surface area contributed by atoms with E-state index in [1.54, 1.807) is 0 Å². The van der Waals surface area contributed by atoms with Gasteiger partial charge < -0.3 is 10.4 Å². The second-order valence-corrected chi connectivity index (χ2v) is 6.10. The molecule has 0 unspecified atom stereocenters. The summed E-state index contributed by atoms with van der Waals surface area (Å²) >= 11 is 3.59. The predicted octanol–water partition coefficient (Wildman–Crippen LogP) is 1.83. The van der Waals surface area contributed by atoms with Crippen LogP contribution in [-0.4, -0.2) is 48.1 Å². The Hall–Kier alpha value is -1.40. The molecule has 6 heteroatoms. The van der Waals surface area contributed by atoms with Crippen LogP contribution in [0.3, 0.4) is 0 Å². The lowest BCUT2D eigenvalue weighted by atomic mass is 9.89. The number of amides is 1. The van der Waals surface area contributed by atoms with E-state index < -0.39 is 5.97 Å². The number of piperidine rings is 1. The molecule has 1 fully saturated rings. The Kier molecular flexibility index (Phi) is 5.76. The number of aliphatic carboxylic acids is 1. The van der Waals surface area contributed by atoms with Gasteiger partial charge in [-0.25, -0.2) is 0 Å². The van der Waals surface area contributed by atoms with Crippen molar-refractivity contribution in [3.63, 3.8) is 0 Å². The molecule has 0 saturated carbocycles. The van der Waals surface area contributed by atoms with E-state index in [0.717, 1.165) is 30.4 Å². The first kappa shape index (κ1) is 16.0. The second-order valence-electron chi connectivity index (χ2n) is 5.24. The fraction of sp³-hybridized carbons (Fsp3) is 0.467. The fourth-order valence-electron chi connectivity index (χ4n) is 2.64. The third-order valence-corrected chi connectivity index (χ3v) is 4.46. The van der Waals surface area contributed by atoms with Crippen LogP contribution in [-0.2, 0) is 9.59 Å². The Morgan fingerprint density at radius 1 is 1.29 bits per heavy atom. The summed E-state index contributed by atoms with van der Waals surface area (Å²) < 4.78 is 1.14. The van der Waals surface area contributed by atoms with Crippen LogP contribution in [0.25, 0.3) is 0 Å². The maximum Gasteiger partial charge on any atom is 0.322 e. The molecule has 2 rings (SSSR count). The number of halogens is 1. The lowest BCUT2D eigenvalue weighted by molar-refractivity contribution is -0.138. The van der Waals surface area contributed by atoms with Gasteiger partial charge in [0.15, 0.2) is 0 Å². The Morgan fingerprint density at radius 2 is 1.95 bits per heavy atom. The summed E-state index contributed by atoms with van der Waals surface area (Å²) in [7, 11) is 0. The topological polar surface area (TPSA) is 69.6 Å². The maximum atomic E-state index is 11.6. The van der Waals surface area contributed by atoms with E-state index in [0.29, 0.717) is 5.92 Å². The Balaban J connectivity index is 1.79. The quantitative estimate of drug-likeness (QED) is 0.846. The summed E-state index contributed by atoms with van der Waals surface area (Å²) in [6, 6.07) is 8.26. The molecule has 0 bridgehead atoms. The van der Waals surface area contributed by atoms with Crippen LogP contribution in [0.4, 0.5) is 0 Å². The summed E-state index contributed by atoms with van der Waals surface area (Å²) in [6.45, 7) is 1.67. The zero-order chi connectivity index (χ0) is 15.2. The molecule has 1 heterocycles. The van der Waals surface area contributed by atoms with Crippen molar-refractivity contribution in [3.05, 3.63) is 34.3 Å². The van der Waals surface area contributed by atoms with E-state index >= 15 is 0 Å². The number of carbonyl (C=O) groups excluding carboxylic acids is 1. The van der Waals surface area contributed by atoms with Crippen LogP contribution >= 0.6 is 15.9 Å². The maximum absolute atomic E-state index is 11.6. The Labute approximate surface area is 132 Å². The van der Waals surface area contributed by atoms with Gasteiger partial charge in [0.1, 0.15) is 6.54 Å². The molecule has 0 radical (unpaired) electrons. The summed E-state index contributed by atoms with van der Waals surface area (Å²) in [4.78, 5) is 24.1. The number of nitrogens with one attached hydrogen (secondary N) is 1. The molecule has 1 aromatic carbocycles. The lowest BCUT2D eigenvalue weighted by Gasteiger charge is -2.32. The average Bonchev–Trinajstić information content (AvgIpc) is 2.47. The van der Waals surface area contributed by atoms with Gasteiger partial charge >= 0.3 is 5.97 Å². The first-order valence-corrected chi connectivity index (χ1v) is 7.81. The molecular formula is C15H19BrN2O3. The number of carbonyl (C=O) groups is 2. The number of likely N-dealkylation sites (tertiary alicyclic amines) is 1. The molecule has 1 aliphatic heterocycles. The van der Waals surface area contributed by atoms with Crippen LogP contribution in [0, 0.1) is 0 Å². The second kappa shape index (κ2) is 7.56. The van der Waals surface area contributed by atoms with E-state index in [1.165, 1.54) is 5.56 Å². The predicted molar refractivity (Wildman–Crippen MR) is 83.2 cm³/mol. The minimum Gasteiger partial charge on any atom is -0.480 e. The van der Waals surface area contributed by atoms with Crippen molar-refractivity contribution >= 4 is 27.8 Å². The highest BCUT2D eigenvalue weighted by atomic mass is 79.9. The number of hydrogen-bond donors (Lipinski definition) is 2. The Morgan fingerprint density at radius 3 is 2.57 bits per heavy atom. The molecule has 5 nitrogen and oxygen atoms in total. The van der Waals surface area contributed by atoms with Gasteiger partial charge in [0.2, 0.25) is 5.91 Å². The number of rotatable bonds is 5. The normalized spacial score (nSPS) is 16.6. The van der Waals surface area contributed by atoms with Gasteiger partial charge in [-0.1, -0.05) is 34.1 Å². The van der Waals surface area contributed by atoms with Gasteiger partial charge in [-0.2, -0.15) is 0 Å². The fourth-order valence-corrected chi connectivity index (χ4v) is 3.25. The highest BCUT2D eigenvalue weighted by Gasteiger charge is 2.23. The highest BCUT2D eigenvalue weighted by Crippen LogP contribution is 2.32. The van der Waals surface area contributed by atoms with E-state index in [-0.39, 0.29) is 19.0 Å². The van der Waals surface area contributed by atoms with Gasteiger partial charge in [-0.15, -0.1) is 0 Å². The summed E-state index contributed by atoms with van der Waals surface area (Å²) in [5.74, 6) is -0.730. The SMILES string of the molecule is O=C(O)CNC(=O)CN1CCC(c2ccccc2Br)CC1. The van der Waals surface area contributed by atoms with Crippen LogP contribution in [0.15, 0.2) is 28.7 Å². The number of hydrogen-bond acceptors (Lipinski definition) is 3. The van der Waals surface area contributed by atoms with Crippen LogP contribution in [0.2, 0.25) is 0 Å². The van der Waals surface area contributed by atoms with E-state index in [1.807, 2.05) is 12.1 Å². The van der Waals surface area contributed by atoms with E-state index in [9.17, 15) is 9.59 Å². The molecule has 1 saturated heterocycles. The van der Waals surface area contributed by atoms with Crippen molar-refractivity contribution in [1.29, 1.82) is 0 Å². The number of nitrogens with zero attached hydrogens (tertiary/aromatic N) is 1. The zero-order valence-corrected chi connectivity index (χ0v) is 13.3. The number of benzene rings is 1. The van der Waals surface area contributed by atoms with Crippen molar-refractivity contribution in [2.75, 3.05) is 26.2 Å². The molecule has 1 amide bonds. The van der Waals surface area contributed by atoms with Crippen molar-refractivity contribution in [2.24, 2.45) is 0 Å². The molecule has 1 aromatic rings.